The Labute approximate surface area is 155 Å². The predicted molar refractivity (Wildman–Crippen MR) is 102 cm³/mol. The quantitative estimate of drug-likeness (QED) is 0.397. The van der Waals surface area contributed by atoms with Crippen molar-refractivity contribution in [2.75, 3.05) is 0 Å². The Morgan fingerprint density at radius 1 is 0.885 bits per heavy atom. The number of benzene rings is 2. The van der Waals surface area contributed by atoms with Crippen LogP contribution in [0.15, 0.2) is 48.5 Å². The number of hydrogen-bond acceptors (Lipinski definition) is 4. The number of carbonyl (C=O) groups excluding carboxylic acids is 2. The molecule has 0 radical (unpaired) electrons. The molecule has 0 spiro atoms. The summed E-state index contributed by atoms with van der Waals surface area (Å²) in [4.78, 5) is 24.2. The molecule has 4 nitrogen and oxygen atoms in total. The molecule has 0 heterocycles. The van der Waals surface area contributed by atoms with Gasteiger partial charge in [0.05, 0.1) is 5.92 Å². The fourth-order valence-corrected chi connectivity index (χ4v) is 2.14. The maximum absolute atomic E-state index is 12.6. The van der Waals surface area contributed by atoms with E-state index in [2.05, 4.69) is 6.92 Å². The van der Waals surface area contributed by atoms with Gasteiger partial charge in [0.25, 0.3) is 0 Å². The normalized spacial score (nSPS) is 11.3. The van der Waals surface area contributed by atoms with Crippen molar-refractivity contribution in [1.82, 2.24) is 0 Å². The molecule has 0 amide bonds. The summed E-state index contributed by atoms with van der Waals surface area (Å²) >= 11 is 0. The highest BCUT2D eigenvalue weighted by atomic mass is 16.5. The summed E-state index contributed by atoms with van der Waals surface area (Å²) < 4.78 is 11.1. The van der Waals surface area contributed by atoms with E-state index in [1.165, 1.54) is 0 Å². The highest BCUT2D eigenvalue weighted by Crippen LogP contribution is 2.22. The summed E-state index contributed by atoms with van der Waals surface area (Å²) in [5.74, 6) is 0.590. The molecule has 0 aliphatic heterocycles. The topological polar surface area (TPSA) is 52.6 Å². The fourth-order valence-electron chi connectivity index (χ4n) is 2.14. The van der Waals surface area contributed by atoms with Gasteiger partial charge in [-0.15, -0.1) is 0 Å². The molecule has 0 aliphatic rings. The van der Waals surface area contributed by atoms with Crippen LogP contribution in [0.3, 0.4) is 0 Å². The van der Waals surface area contributed by atoms with Gasteiger partial charge in [-0.25, -0.2) is 0 Å². The van der Waals surface area contributed by atoms with E-state index in [-0.39, 0.29) is 23.3 Å². The molecule has 0 aromatic heterocycles. The average Bonchev–Trinajstić information content (AvgIpc) is 2.62. The van der Waals surface area contributed by atoms with Crippen molar-refractivity contribution in [2.24, 2.45) is 5.92 Å². The van der Waals surface area contributed by atoms with Gasteiger partial charge in [0.1, 0.15) is 17.1 Å². The third kappa shape index (κ3) is 5.19. The predicted octanol–water partition coefficient (Wildman–Crippen LogP) is 5.05. The molecule has 2 aromatic rings. The second-order valence-corrected chi connectivity index (χ2v) is 7.17. The second kappa shape index (κ2) is 8.17. The molecular formula is C22H26O4. The molecule has 0 bridgehead atoms. The minimum Gasteiger partial charge on any atom is -0.488 e. The van der Waals surface area contributed by atoms with Crippen molar-refractivity contribution in [3.05, 3.63) is 59.7 Å². The molecule has 0 fully saturated rings. The minimum atomic E-state index is -0.297. The van der Waals surface area contributed by atoms with Crippen LogP contribution in [-0.4, -0.2) is 17.4 Å². The Balaban J connectivity index is 2.08. The lowest BCUT2D eigenvalue weighted by molar-refractivity contribution is -0.137. The van der Waals surface area contributed by atoms with Crippen molar-refractivity contribution in [3.63, 3.8) is 0 Å². The highest BCUT2D eigenvalue weighted by Gasteiger charge is 2.17. The highest BCUT2D eigenvalue weighted by molar-refractivity contribution is 6.09. The van der Waals surface area contributed by atoms with Crippen LogP contribution in [0.2, 0.25) is 0 Å². The van der Waals surface area contributed by atoms with Crippen LogP contribution in [0, 0.1) is 5.92 Å². The Morgan fingerprint density at radius 2 is 1.35 bits per heavy atom. The molecule has 138 valence electrons. The zero-order valence-electron chi connectivity index (χ0n) is 16.0. The number of ether oxygens (including phenoxy) is 2. The maximum Gasteiger partial charge on any atom is 0.313 e. The molecular weight excluding hydrogens is 328 g/mol. The largest absolute Gasteiger partial charge is 0.488 e. The van der Waals surface area contributed by atoms with E-state index in [4.69, 9.17) is 9.47 Å². The molecule has 0 saturated carbocycles. The van der Waals surface area contributed by atoms with Crippen molar-refractivity contribution >= 4 is 11.8 Å². The maximum atomic E-state index is 12.6. The SMILES string of the molecule is CCC(C)(C)Oc1ccc(C(=O)c2ccc(OC(=O)C(C)C)cc2)cc1. The lowest BCUT2D eigenvalue weighted by Gasteiger charge is -2.24. The van der Waals surface area contributed by atoms with Crippen molar-refractivity contribution in [3.8, 4) is 11.5 Å². The standard InChI is InChI=1S/C22H26O4/c1-6-22(4,5)26-19-13-9-17(10-14-19)20(23)16-7-11-18(12-8-16)25-21(24)15(2)3/h7-15H,6H2,1-5H3. The van der Waals surface area contributed by atoms with E-state index >= 15 is 0 Å². The Morgan fingerprint density at radius 3 is 1.77 bits per heavy atom. The molecule has 0 unspecified atom stereocenters. The van der Waals surface area contributed by atoms with Crippen LogP contribution in [0.4, 0.5) is 0 Å². The van der Waals surface area contributed by atoms with E-state index in [1.807, 2.05) is 26.0 Å². The van der Waals surface area contributed by atoms with Crippen molar-refractivity contribution in [1.29, 1.82) is 0 Å². The number of hydrogen-bond donors (Lipinski definition) is 0. The Hall–Kier alpha value is -2.62. The van der Waals surface area contributed by atoms with Crippen LogP contribution in [-0.2, 0) is 4.79 Å². The van der Waals surface area contributed by atoms with Gasteiger partial charge in [0.2, 0.25) is 0 Å². The Bertz CT molecular complexity index is 756. The van der Waals surface area contributed by atoms with Gasteiger partial charge in [-0.3, -0.25) is 9.59 Å². The summed E-state index contributed by atoms with van der Waals surface area (Å²) in [6.07, 6.45) is 0.890. The first kappa shape index (κ1) is 19.7. The zero-order valence-corrected chi connectivity index (χ0v) is 16.0. The van der Waals surface area contributed by atoms with Crippen molar-refractivity contribution in [2.45, 2.75) is 46.6 Å². The van der Waals surface area contributed by atoms with Gasteiger partial charge in [-0.05, 0) is 68.8 Å². The summed E-state index contributed by atoms with van der Waals surface area (Å²) in [5, 5.41) is 0. The first-order chi connectivity index (χ1) is 12.2. The van der Waals surface area contributed by atoms with E-state index in [0.717, 1.165) is 12.2 Å². The summed E-state index contributed by atoms with van der Waals surface area (Å²) in [6, 6.07) is 13.7. The summed E-state index contributed by atoms with van der Waals surface area (Å²) in [5.41, 5.74) is 0.880. The zero-order chi connectivity index (χ0) is 19.3. The summed E-state index contributed by atoms with van der Waals surface area (Å²) in [6.45, 7) is 9.67. The van der Waals surface area contributed by atoms with E-state index < -0.39 is 0 Å². The molecule has 2 rings (SSSR count). The van der Waals surface area contributed by atoms with Crippen LogP contribution in [0.25, 0.3) is 0 Å². The minimum absolute atomic E-state index is 0.0898. The van der Waals surface area contributed by atoms with Crippen LogP contribution in [0.5, 0.6) is 11.5 Å². The van der Waals surface area contributed by atoms with Crippen molar-refractivity contribution < 1.29 is 19.1 Å². The van der Waals surface area contributed by atoms with E-state index in [1.54, 1.807) is 50.2 Å². The van der Waals surface area contributed by atoms with Crippen LogP contribution >= 0.6 is 0 Å². The fraction of sp³-hybridized carbons (Fsp3) is 0.364. The molecule has 4 heteroatoms. The third-order valence-corrected chi connectivity index (χ3v) is 4.17. The van der Waals surface area contributed by atoms with Gasteiger partial charge in [0.15, 0.2) is 5.78 Å². The smallest absolute Gasteiger partial charge is 0.313 e. The van der Waals surface area contributed by atoms with Gasteiger partial charge in [0, 0.05) is 11.1 Å². The first-order valence-corrected chi connectivity index (χ1v) is 8.87. The van der Waals surface area contributed by atoms with Gasteiger partial charge in [-0.1, -0.05) is 20.8 Å². The van der Waals surface area contributed by atoms with Gasteiger partial charge in [-0.2, -0.15) is 0 Å². The van der Waals surface area contributed by atoms with E-state index in [9.17, 15) is 9.59 Å². The molecule has 26 heavy (non-hydrogen) atoms. The summed E-state index contributed by atoms with van der Waals surface area (Å²) in [7, 11) is 0. The lowest BCUT2D eigenvalue weighted by atomic mass is 10.0. The molecule has 0 saturated heterocycles. The lowest BCUT2D eigenvalue weighted by Crippen LogP contribution is -2.26. The average molecular weight is 354 g/mol. The first-order valence-electron chi connectivity index (χ1n) is 8.87. The molecule has 2 aromatic carbocycles. The van der Waals surface area contributed by atoms with Gasteiger partial charge >= 0.3 is 5.97 Å². The number of rotatable bonds is 7. The Kier molecular flexibility index (Phi) is 6.19. The van der Waals surface area contributed by atoms with E-state index in [0.29, 0.717) is 16.9 Å². The molecule has 0 atom stereocenters. The molecule has 0 N–H and O–H groups in total. The monoisotopic (exact) mass is 354 g/mol. The number of carbonyl (C=O) groups is 2. The third-order valence-electron chi connectivity index (χ3n) is 4.17. The van der Waals surface area contributed by atoms with Crippen LogP contribution < -0.4 is 9.47 Å². The van der Waals surface area contributed by atoms with Crippen LogP contribution in [0.1, 0.15) is 57.0 Å². The van der Waals surface area contributed by atoms with Gasteiger partial charge < -0.3 is 9.47 Å². The number of ketones is 1. The number of esters is 1. The second-order valence-electron chi connectivity index (χ2n) is 7.17. The molecule has 0 aliphatic carbocycles.